The van der Waals surface area contributed by atoms with Gasteiger partial charge in [-0.1, -0.05) is 12.1 Å². The summed E-state index contributed by atoms with van der Waals surface area (Å²) in [6.45, 7) is 4.53. The molecule has 2 rings (SSSR count). The van der Waals surface area contributed by atoms with E-state index in [0.29, 0.717) is 12.5 Å². The van der Waals surface area contributed by atoms with Gasteiger partial charge in [0.05, 0.1) is 12.7 Å². The Balaban J connectivity index is 1.93. The van der Waals surface area contributed by atoms with Gasteiger partial charge >= 0.3 is 0 Å². The first-order chi connectivity index (χ1) is 8.29. The number of aliphatic hydroxyl groups excluding tert-OH is 1. The third-order valence-electron chi connectivity index (χ3n) is 3.30. The molecule has 0 radical (unpaired) electrons. The van der Waals surface area contributed by atoms with Crippen LogP contribution in [0.2, 0.25) is 0 Å². The van der Waals surface area contributed by atoms with Crippen LogP contribution in [0.25, 0.3) is 0 Å². The number of aliphatic hydroxyl groups is 1. The van der Waals surface area contributed by atoms with Crippen molar-refractivity contribution in [2.75, 3.05) is 19.7 Å². The van der Waals surface area contributed by atoms with Gasteiger partial charge in [0.25, 0.3) is 0 Å². The summed E-state index contributed by atoms with van der Waals surface area (Å²) in [6, 6.07) is 8.18. The van der Waals surface area contributed by atoms with E-state index < -0.39 is 0 Å². The minimum Gasteiger partial charge on any atom is -0.494 e. The van der Waals surface area contributed by atoms with E-state index in [1.807, 2.05) is 19.1 Å². The second kappa shape index (κ2) is 6.03. The largest absolute Gasteiger partial charge is 0.494 e. The van der Waals surface area contributed by atoms with Gasteiger partial charge in [0.2, 0.25) is 0 Å². The molecule has 1 aliphatic rings. The van der Waals surface area contributed by atoms with Gasteiger partial charge in [-0.15, -0.1) is 0 Å². The maximum atomic E-state index is 9.90. The molecule has 0 spiro atoms. The van der Waals surface area contributed by atoms with Gasteiger partial charge in [-0.2, -0.15) is 0 Å². The third-order valence-corrected chi connectivity index (χ3v) is 3.30. The highest BCUT2D eigenvalue weighted by atomic mass is 16.5. The maximum Gasteiger partial charge on any atom is 0.119 e. The normalized spacial score (nSPS) is 24.6. The van der Waals surface area contributed by atoms with Crippen LogP contribution in [0.5, 0.6) is 5.75 Å². The molecule has 1 saturated heterocycles. The fourth-order valence-electron chi connectivity index (χ4n) is 2.31. The molecule has 1 aromatic carbocycles. The molecule has 3 heteroatoms. The molecular weight excluding hydrogens is 214 g/mol. The number of hydrogen-bond acceptors (Lipinski definition) is 3. The minimum absolute atomic E-state index is 0.164. The zero-order valence-electron chi connectivity index (χ0n) is 10.4. The predicted molar refractivity (Wildman–Crippen MR) is 68.3 cm³/mol. The molecule has 2 atom stereocenters. The van der Waals surface area contributed by atoms with Crippen LogP contribution in [0, 0.1) is 5.92 Å². The quantitative estimate of drug-likeness (QED) is 0.833. The first-order valence-corrected chi connectivity index (χ1v) is 6.40. The average molecular weight is 235 g/mol. The molecule has 0 amide bonds. The van der Waals surface area contributed by atoms with Crippen molar-refractivity contribution < 1.29 is 9.84 Å². The standard InChI is InChI=1S/C14H21NO2/c1-2-17-13-5-3-11(4-6-13)9-12-10-15-8-7-14(12)16/h3-6,12,14-16H,2,7-10H2,1H3. The van der Waals surface area contributed by atoms with Crippen LogP contribution in [0.15, 0.2) is 24.3 Å². The van der Waals surface area contributed by atoms with Crippen molar-refractivity contribution in [2.24, 2.45) is 5.92 Å². The number of rotatable bonds is 4. The van der Waals surface area contributed by atoms with Crippen molar-refractivity contribution >= 4 is 0 Å². The van der Waals surface area contributed by atoms with Crippen LogP contribution in [0.3, 0.4) is 0 Å². The number of ether oxygens (including phenoxy) is 1. The fourth-order valence-corrected chi connectivity index (χ4v) is 2.31. The molecule has 0 aromatic heterocycles. The highest BCUT2D eigenvalue weighted by Crippen LogP contribution is 2.19. The molecule has 2 unspecified atom stereocenters. The van der Waals surface area contributed by atoms with Crippen LogP contribution in [-0.4, -0.2) is 30.9 Å². The van der Waals surface area contributed by atoms with E-state index in [2.05, 4.69) is 17.4 Å². The third kappa shape index (κ3) is 3.45. The van der Waals surface area contributed by atoms with E-state index in [1.54, 1.807) is 0 Å². The Bertz CT molecular complexity index is 337. The topological polar surface area (TPSA) is 41.5 Å². The number of benzene rings is 1. The van der Waals surface area contributed by atoms with Crippen molar-refractivity contribution in [3.8, 4) is 5.75 Å². The van der Waals surface area contributed by atoms with Gasteiger partial charge in [0.1, 0.15) is 5.75 Å². The Hall–Kier alpha value is -1.06. The van der Waals surface area contributed by atoms with Gasteiger partial charge in [-0.05, 0) is 44.0 Å². The van der Waals surface area contributed by atoms with Crippen molar-refractivity contribution in [2.45, 2.75) is 25.9 Å². The SMILES string of the molecule is CCOc1ccc(CC2CNCCC2O)cc1. The summed E-state index contributed by atoms with van der Waals surface area (Å²) in [5, 5.41) is 13.2. The molecule has 0 bridgehead atoms. The Morgan fingerprint density at radius 3 is 2.76 bits per heavy atom. The Labute approximate surface area is 103 Å². The molecule has 1 fully saturated rings. The van der Waals surface area contributed by atoms with Crippen LogP contribution in [-0.2, 0) is 6.42 Å². The molecule has 3 nitrogen and oxygen atoms in total. The average Bonchev–Trinajstić information content (AvgIpc) is 2.35. The summed E-state index contributed by atoms with van der Waals surface area (Å²) >= 11 is 0. The van der Waals surface area contributed by atoms with E-state index in [9.17, 15) is 5.11 Å². The van der Waals surface area contributed by atoms with Crippen molar-refractivity contribution in [1.82, 2.24) is 5.32 Å². The van der Waals surface area contributed by atoms with Crippen LogP contribution in [0.1, 0.15) is 18.9 Å². The summed E-state index contributed by atoms with van der Waals surface area (Å²) < 4.78 is 5.41. The lowest BCUT2D eigenvalue weighted by atomic mass is 9.90. The van der Waals surface area contributed by atoms with Gasteiger partial charge in [0.15, 0.2) is 0 Å². The molecule has 1 heterocycles. The molecule has 1 aliphatic heterocycles. The van der Waals surface area contributed by atoms with Gasteiger partial charge in [0, 0.05) is 12.5 Å². The molecule has 2 N–H and O–H groups in total. The highest BCUT2D eigenvalue weighted by molar-refractivity contribution is 5.27. The number of hydrogen-bond donors (Lipinski definition) is 2. The highest BCUT2D eigenvalue weighted by Gasteiger charge is 2.22. The summed E-state index contributed by atoms with van der Waals surface area (Å²) in [7, 11) is 0. The van der Waals surface area contributed by atoms with Crippen molar-refractivity contribution in [3.05, 3.63) is 29.8 Å². The van der Waals surface area contributed by atoms with Crippen LogP contribution in [0.4, 0.5) is 0 Å². The Morgan fingerprint density at radius 1 is 1.35 bits per heavy atom. The Kier molecular flexibility index (Phi) is 4.40. The van der Waals surface area contributed by atoms with Gasteiger partial charge in [-0.25, -0.2) is 0 Å². The first-order valence-electron chi connectivity index (χ1n) is 6.40. The molecule has 0 saturated carbocycles. The van der Waals surface area contributed by atoms with E-state index in [4.69, 9.17) is 4.74 Å². The van der Waals surface area contributed by atoms with E-state index in [-0.39, 0.29) is 6.10 Å². The maximum absolute atomic E-state index is 9.90. The fraction of sp³-hybridized carbons (Fsp3) is 0.571. The number of nitrogens with one attached hydrogen (secondary N) is 1. The van der Waals surface area contributed by atoms with Crippen LogP contribution >= 0.6 is 0 Å². The van der Waals surface area contributed by atoms with E-state index in [1.165, 1.54) is 5.56 Å². The summed E-state index contributed by atoms with van der Waals surface area (Å²) in [5.41, 5.74) is 1.27. The second-order valence-electron chi connectivity index (χ2n) is 4.60. The first kappa shape index (κ1) is 12.4. The Morgan fingerprint density at radius 2 is 2.12 bits per heavy atom. The van der Waals surface area contributed by atoms with Crippen molar-refractivity contribution in [1.29, 1.82) is 0 Å². The van der Waals surface area contributed by atoms with Gasteiger partial charge < -0.3 is 15.2 Å². The monoisotopic (exact) mass is 235 g/mol. The summed E-state index contributed by atoms with van der Waals surface area (Å²) in [5.74, 6) is 1.25. The van der Waals surface area contributed by atoms with Gasteiger partial charge in [-0.3, -0.25) is 0 Å². The summed E-state index contributed by atoms with van der Waals surface area (Å²) in [4.78, 5) is 0. The lowest BCUT2D eigenvalue weighted by Crippen LogP contribution is -2.40. The molecule has 0 aliphatic carbocycles. The lowest BCUT2D eigenvalue weighted by Gasteiger charge is -2.28. The smallest absolute Gasteiger partial charge is 0.119 e. The lowest BCUT2D eigenvalue weighted by molar-refractivity contribution is 0.0791. The van der Waals surface area contributed by atoms with E-state index in [0.717, 1.165) is 31.7 Å². The molecular formula is C14H21NO2. The van der Waals surface area contributed by atoms with Crippen molar-refractivity contribution in [3.63, 3.8) is 0 Å². The molecule has 1 aromatic rings. The number of piperidine rings is 1. The molecule has 17 heavy (non-hydrogen) atoms. The van der Waals surface area contributed by atoms with E-state index >= 15 is 0 Å². The minimum atomic E-state index is -0.164. The second-order valence-corrected chi connectivity index (χ2v) is 4.60. The predicted octanol–water partition coefficient (Wildman–Crippen LogP) is 1.60. The zero-order chi connectivity index (χ0) is 12.1. The van der Waals surface area contributed by atoms with Crippen LogP contribution < -0.4 is 10.1 Å². The summed E-state index contributed by atoms with van der Waals surface area (Å²) in [6.07, 6.45) is 1.63. The molecule has 94 valence electrons. The zero-order valence-corrected chi connectivity index (χ0v) is 10.4.